The molecule has 1 aliphatic heterocycles. The van der Waals surface area contributed by atoms with E-state index >= 15 is 0 Å². The highest BCUT2D eigenvalue weighted by Gasteiger charge is 2.26. The summed E-state index contributed by atoms with van der Waals surface area (Å²) < 4.78 is 6.04. The normalized spacial score (nSPS) is 19.1. The molecule has 0 amide bonds. The SMILES string of the molecule is CN1CCC[C@H]1c1cnc(Cl)cc1-c1cc2ccccc2o1. The molecule has 0 unspecified atom stereocenters. The highest BCUT2D eigenvalue weighted by molar-refractivity contribution is 6.29. The van der Waals surface area contributed by atoms with E-state index in [1.807, 2.05) is 30.5 Å². The van der Waals surface area contributed by atoms with Gasteiger partial charge in [-0.15, -0.1) is 0 Å². The molecule has 1 atom stereocenters. The minimum atomic E-state index is 0.382. The Hall–Kier alpha value is -1.84. The van der Waals surface area contributed by atoms with Crippen molar-refractivity contribution in [3.8, 4) is 11.3 Å². The van der Waals surface area contributed by atoms with E-state index in [9.17, 15) is 0 Å². The Morgan fingerprint density at radius 1 is 1.27 bits per heavy atom. The first-order valence-electron chi connectivity index (χ1n) is 7.57. The highest BCUT2D eigenvalue weighted by Crippen LogP contribution is 2.39. The van der Waals surface area contributed by atoms with Gasteiger partial charge in [-0.05, 0) is 50.2 Å². The summed E-state index contributed by atoms with van der Waals surface area (Å²) in [6.45, 7) is 1.12. The van der Waals surface area contributed by atoms with Crippen molar-refractivity contribution in [3.05, 3.63) is 53.3 Å². The number of fused-ring (bicyclic) bond motifs is 1. The number of hydrogen-bond donors (Lipinski definition) is 0. The summed E-state index contributed by atoms with van der Waals surface area (Å²) in [7, 11) is 2.16. The van der Waals surface area contributed by atoms with E-state index in [4.69, 9.17) is 16.0 Å². The van der Waals surface area contributed by atoms with Crippen LogP contribution in [0.3, 0.4) is 0 Å². The first-order valence-corrected chi connectivity index (χ1v) is 7.95. The van der Waals surface area contributed by atoms with Crippen LogP contribution in [0.25, 0.3) is 22.3 Å². The van der Waals surface area contributed by atoms with Gasteiger partial charge in [0.05, 0.1) is 0 Å². The molecule has 0 saturated carbocycles. The summed E-state index contributed by atoms with van der Waals surface area (Å²) in [5, 5.41) is 1.61. The van der Waals surface area contributed by atoms with Crippen LogP contribution in [0.15, 0.2) is 47.0 Å². The predicted molar refractivity (Wildman–Crippen MR) is 89.1 cm³/mol. The van der Waals surface area contributed by atoms with Gasteiger partial charge in [-0.3, -0.25) is 4.90 Å². The molecule has 0 spiro atoms. The molecular formula is C18H17ClN2O. The topological polar surface area (TPSA) is 29.3 Å². The number of rotatable bonds is 2. The van der Waals surface area contributed by atoms with Gasteiger partial charge in [-0.1, -0.05) is 29.8 Å². The molecule has 112 valence electrons. The quantitative estimate of drug-likeness (QED) is 0.629. The molecule has 0 N–H and O–H groups in total. The molecule has 0 radical (unpaired) electrons. The summed E-state index contributed by atoms with van der Waals surface area (Å²) in [5.41, 5.74) is 3.15. The van der Waals surface area contributed by atoms with E-state index < -0.39 is 0 Å². The second-order valence-electron chi connectivity index (χ2n) is 5.88. The zero-order valence-electron chi connectivity index (χ0n) is 12.4. The Morgan fingerprint density at radius 2 is 2.14 bits per heavy atom. The molecule has 1 fully saturated rings. The molecule has 4 rings (SSSR count). The molecule has 1 aliphatic rings. The number of aromatic nitrogens is 1. The van der Waals surface area contributed by atoms with Gasteiger partial charge < -0.3 is 4.42 Å². The van der Waals surface area contributed by atoms with Gasteiger partial charge in [-0.2, -0.15) is 0 Å². The van der Waals surface area contributed by atoms with Crippen molar-refractivity contribution in [1.29, 1.82) is 0 Å². The van der Waals surface area contributed by atoms with Gasteiger partial charge in [0.25, 0.3) is 0 Å². The summed E-state index contributed by atoms with van der Waals surface area (Å²) in [4.78, 5) is 6.67. The van der Waals surface area contributed by atoms with E-state index in [2.05, 4.69) is 29.1 Å². The fourth-order valence-electron chi connectivity index (χ4n) is 3.34. The maximum Gasteiger partial charge on any atom is 0.135 e. The Labute approximate surface area is 134 Å². The number of pyridine rings is 1. The summed E-state index contributed by atoms with van der Waals surface area (Å²) >= 11 is 6.14. The fourth-order valence-corrected chi connectivity index (χ4v) is 3.50. The number of benzene rings is 1. The van der Waals surface area contributed by atoms with E-state index in [1.54, 1.807) is 0 Å². The second kappa shape index (κ2) is 5.41. The van der Waals surface area contributed by atoms with Crippen molar-refractivity contribution in [2.24, 2.45) is 0 Å². The van der Waals surface area contributed by atoms with Crippen LogP contribution in [0.1, 0.15) is 24.4 Å². The Kier molecular flexibility index (Phi) is 3.40. The molecule has 1 saturated heterocycles. The van der Waals surface area contributed by atoms with Crippen molar-refractivity contribution < 1.29 is 4.42 Å². The monoisotopic (exact) mass is 312 g/mol. The Morgan fingerprint density at radius 3 is 2.91 bits per heavy atom. The maximum absolute atomic E-state index is 6.14. The van der Waals surface area contributed by atoms with Crippen LogP contribution in [-0.4, -0.2) is 23.5 Å². The number of halogens is 1. The third kappa shape index (κ3) is 2.31. The molecule has 0 aliphatic carbocycles. The molecular weight excluding hydrogens is 296 g/mol. The van der Waals surface area contributed by atoms with E-state index in [0.29, 0.717) is 11.2 Å². The van der Waals surface area contributed by atoms with Crippen molar-refractivity contribution in [2.75, 3.05) is 13.6 Å². The van der Waals surface area contributed by atoms with Crippen LogP contribution in [0.5, 0.6) is 0 Å². The maximum atomic E-state index is 6.14. The zero-order chi connectivity index (χ0) is 15.1. The van der Waals surface area contributed by atoms with Crippen LogP contribution < -0.4 is 0 Å². The lowest BCUT2D eigenvalue weighted by Crippen LogP contribution is -2.18. The first kappa shape index (κ1) is 13.8. The minimum Gasteiger partial charge on any atom is -0.456 e. The summed E-state index contributed by atoms with van der Waals surface area (Å²) in [5.74, 6) is 0.862. The smallest absolute Gasteiger partial charge is 0.135 e. The third-order valence-electron chi connectivity index (χ3n) is 4.47. The average molecular weight is 313 g/mol. The Bertz CT molecular complexity index is 794. The fraction of sp³-hybridized carbons (Fsp3) is 0.278. The van der Waals surface area contributed by atoms with Crippen molar-refractivity contribution in [2.45, 2.75) is 18.9 Å². The van der Waals surface area contributed by atoms with Crippen LogP contribution >= 0.6 is 11.6 Å². The number of likely N-dealkylation sites (tertiary alicyclic amines) is 1. The van der Waals surface area contributed by atoms with E-state index in [0.717, 1.165) is 35.3 Å². The van der Waals surface area contributed by atoms with Gasteiger partial charge in [0.1, 0.15) is 16.5 Å². The van der Waals surface area contributed by atoms with Gasteiger partial charge in [0.2, 0.25) is 0 Å². The highest BCUT2D eigenvalue weighted by atomic mass is 35.5. The van der Waals surface area contributed by atoms with Gasteiger partial charge in [0.15, 0.2) is 0 Å². The van der Waals surface area contributed by atoms with Crippen molar-refractivity contribution in [3.63, 3.8) is 0 Å². The molecule has 0 bridgehead atoms. The summed E-state index contributed by atoms with van der Waals surface area (Å²) in [6, 6.07) is 12.4. The van der Waals surface area contributed by atoms with E-state index in [1.165, 1.54) is 12.0 Å². The molecule has 2 aromatic heterocycles. The Balaban J connectivity index is 1.87. The number of para-hydroxylation sites is 1. The lowest BCUT2D eigenvalue weighted by molar-refractivity contribution is 0.317. The largest absolute Gasteiger partial charge is 0.456 e. The van der Waals surface area contributed by atoms with E-state index in [-0.39, 0.29) is 0 Å². The third-order valence-corrected chi connectivity index (χ3v) is 4.68. The standard InChI is InChI=1S/C18H17ClN2O/c1-21-8-4-6-15(21)14-11-20-18(19)10-13(14)17-9-12-5-2-3-7-16(12)22-17/h2-3,5,7,9-11,15H,4,6,8H2,1H3/t15-/m0/s1. The second-order valence-corrected chi connectivity index (χ2v) is 6.27. The van der Waals surface area contributed by atoms with Crippen LogP contribution in [-0.2, 0) is 0 Å². The molecule has 4 heteroatoms. The number of nitrogens with zero attached hydrogens (tertiary/aromatic N) is 2. The molecule has 3 heterocycles. The van der Waals surface area contributed by atoms with Gasteiger partial charge >= 0.3 is 0 Å². The van der Waals surface area contributed by atoms with Crippen LogP contribution in [0.2, 0.25) is 5.15 Å². The lowest BCUT2D eigenvalue weighted by atomic mass is 9.99. The predicted octanol–water partition coefficient (Wildman–Crippen LogP) is 4.91. The minimum absolute atomic E-state index is 0.382. The van der Waals surface area contributed by atoms with Gasteiger partial charge in [-0.25, -0.2) is 4.98 Å². The molecule has 22 heavy (non-hydrogen) atoms. The lowest BCUT2D eigenvalue weighted by Gasteiger charge is -2.21. The number of furan rings is 1. The van der Waals surface area contributed by atoms with Crippen LogP contribution in [0, 0.1) is 0 Å². The zero-order valence-corrected chi connectivity index (χ0v) is 13.2. The van der Waals surface area contributed by atoms with Gasteiger partial charge in [0, 0.05) is 23.2 Å². The molecule has 1 aromatic carbocycles. The first-order chi connectivity index (χ1) is 10.7. The average Bonchev–Trinajstić information content (AvgIpc) is 3.13. The molecule has 3 nitrogen and oxygen atoms in total. The van der Waals surface area contributed by atoms with Crippen molar-refractivity contribution >= 4 is 22.6 Å². The number of hydrogen-bond acceptors (Lipinski definition) is 3. The van der Waals surface area contributed by atoms with Crippen LogP contribution in [0.4, 0.5) is 0 Å². The summed E-state index contributed by atoms with van der Waals surface area (Å²) in [6.07, 6.45) is 4.26. The molecule has 3 aromatic rings. The van der Waals surface area contributed by atoms with Crippen molar-refractivity contribution in [1.82, 2.24) is 9.88 Å².